The first-order chi connectivity index (χ1) is 9.78. The Bertz CT molecular complexity index is 501. The molecule has 2 rings (SSSR count). The van der Waals surface area contributed by atoms with Crippen LogP contribution in [0.3, 0.4) is 0 Å². The van der Waals surface area contributed by atoms with Gasteiger partial charge in [0.1, 0.15) is 0 Å². The largest absolute Gasteiger partial charge is 0.306 e. The van der Waals surface area contributed by atoms with Gasteiger partial charge in [-0.15, -0.1) is 22.9 Å². The number of halogens is 1. The Balaban J connectivity index is 1.63. The van der Waals surface area contributed by atoms with Crippen molar-refractivity contribution in [2.75, 3.05) is 20.1 Å². The molecule has 0 bridgehead atoms. The third kappa shape index (κ3) is 5.19. The molecule has 0 amide bonds. The van der Waals surface area contributed by atoms with Gasteiger partial charge in [0, 0.05) is 36.7 Å². The van der Waals surface area contributed by atoms with Gasteiger partial charge in [0.2, 0.25) is 0 Å². The third-order valence-corrected chi connectivity index (χ3v) is 4.37. The van der Waals surface area contributed by atoms with Gasteiger partial charge in [0.05, 0.1) is 16.6 Å². The summed E-state index contributed by atoms with van der Waals surface area (Å²) < 4.78 is 0. The second kappa shape index (κ2) is 8.35. The van der Waals surface area contributed by atoms with Crippen LogP contribution >= 0.6 is 22.9 Å². The van der Waals surface area contributed by atoms with Gasteiger partial charge in [-0.3, -0.25) is 4.98 Å². The van der Waals surface area contributed by atoms with E-state index in [9.17, 15) is 0 Å². The van der Waals surface area contributed by atoms with Crippen LogP contribution in [0.2, 0.25) is 0 Å². The molecule has 2 heterocycles. The Kier molecular flexibility index (Phi) is 6.43. The van der Waals surface area contributed by atoms with E-state index in [1.807, 2.05) is 23.7 Å². The summed E-state index contributed by atoms with van der Waals surface area (Å²) in [4.78, 5) is 11.2. The van der Waals surface area contributed by atoms with Crippen LogP contribution in [0.15, 0.2) is 29.8 Å². The van der Waals surface area contributed by atoms with E-state index in [2.05, 4.69) is 28.0 Å². The number of rotatable bonds is 8. The van der Waals surface area contributed by atoms with Gasteiger partial charge in [0.15, 0.2) is 0 Å². The maximum absolute atomic E-state index is 5.75. The lowest BCUT2D eigenvalue weighted by molar-refractivity contribution is 0.332. The molecule has 0 aliphatic carbocycles. The minimum absolute atomic E-state index is 0.514. The number of alkyl halides is 1. The predicted molar refractivity (Wildman–Crippen MR) is 85.4 cm³/mol. The quantitative estimate of drug-likeness (QED) is 0.700. The number of aryl methyl sites for hydroxylation is 1. The number of hydrogen-bond donors (Lipinski definition) is 0. The highest BCUT2D eigenvalue weighted by Crippen LogP contribution is 2.13. The van der Waals surface area contributed by atoms with Crippen LogP contribution in [0.25, 0.3) is 0 Å². The van der Waals surface area contributed by atoms with Crippen LogP contribution < -0.4 is 0 Å². The first kappa shape index (κ1) is 15.4. The fraction of sp³-hybridized carbons (Fsp3) is 0.467. The van der Waals surface area contributed by atoms with E-state index >= 15 is 0 Å². The number of likely N-dealkylation sites (N-methyl/N-ethyl adjacent to an activating group) is 1. The standard InChI is InChI=1S/C15H20ClN3S/c1-19(10-7-13-5-2-3-8-17-13)9-4-6-15-18-14(11-16)12-20-15/h2-3,5,8,12H,4,6-7,9-11H2,1H3. The first-order valence-corrected chi connectivity index (χ1v) is 8.27. The summed E-state index contributed by atoms with van der Waals surface area (Å²) in [7, 11) is 2.16. The van der Waals surface area contributed by atoms with Crippen molar-refractivity contribution < 1.29 is 0 Å². The molecule has 0 saturated carbocycles. The summed E-state index contributed by atoms with van der Waals surface area (Å²) >= 11 is 7.47. The molecule has 0 aromatic carbocycles. The zero-order valence-electron chi connectivity index (χ0n) is 11.8. The van der Waals surface area contributed by atoms with Crippen LogP contribution in [-0.2, 0) is 18.7 Å². The van der Waals surface area contributed by atoms with Crippen molar-refractivity contribution >= 4 is 22.9 Å². The molecule has 0 unspecified atom stereocenters. The number of thiazole rings is 1. The van der Waals surface area contributed by atoms with Crippen molar-refractivity contribution in [2.45, 2.75) is 25.1 Å². The van der Waals surface area contributed by atoms with Gasteiger partial charge in [-0.2, -0.15) is 0 Å². The number of hydrogen-bond acceptors (Lipinski definition) is 4. The molecule has 108 valence electrons. The predicted octanol–water partition coefficient (Wildman–Crippen LogP) is 3.38. The van der Waals surface area contributed by atoms with Crippen molar-refractivity contribution in [1.29, 1.82) is 0 Å². The molecule has 0 atom stereocenters. The zero-order valence-corrected chi connectivity index (χ0v) is 13.3. The fourth-order valence-corrected chi connectivity index (χ4v) is 3.06. The number of aromatic nitrogens is 2. The average Bonchev–Trinajstić information content (AvgIpc) is 2.94. The molecule has 2 aromatic rings. The van der Waals surface area contributed by atoms with Gasteiger partial charge < -0.3 is 4.90 Å². The van der Waals surface area contributed by atoms with E-state index in [1.165, 1.54) is 5.01 Å². The van der Waals surface area contributed by atoms with Gasteiger partial charge in [-0.1, -0.05) is 6.07 Å². The molecule has 0 saturated heterocycles. The molecule has 0 spiro atoms. The molecular formula is C15H20ClN3S. The Morgan fingerprint density at radius 2 is 2.10 bits per heavy atom. The maximum atomic E-state index is 5.75. The minimum atomic E-state index is 0.514. The van der Waals surface area contributed by atoms with Crippen molar-refractivity contribution in [3.63, 3.8) is 0 Å². The SMILES string of the molecule is CN(CCCc1nc(CCl)cs1)CCc1ccccn1. The van der Waals surface area contributed by atoms with Crippen LogP contribution in [0.5, 0.6) is 0 Å². The molecule has 0 aliphatic heterocycles. The summed E-state index contributed by atoms with van der Waals surface area (Å²) in [6.07, 6.45) is 5.03. The van der Waals surface area contributed by atoms with Crippen LogP contribution in [0.1, 0.15) is 22.8 Å². The van der Waals surface area contributed by atoms with Crippen LogP contribution in [-0.4, -0.2) is 35.0 Å². The molecule has 20 heavy (non-hydrogen) atoms. The highest BCUT2D eigenvalue weighted by molar-refractivity contribution is 7.09. The Labute approximate surface area is 129 Å². The van der Waals surface area contributed by atoms with E-state index in [-0.39, 0.29) is 0 Å². The van der Waals surface area contributed by atoms with Crippen molar-refractivity contribution in [3.05, 3.63) is 46.2 Å². The first-order valence-electron chi connectivity index (χ1n) is 6.85. The van der Waals surface area contributed by atoms with E-state index in [0.29, 0.717) is 5.88 Å². The van der Waals surface area contributed by atoms with Gasteiger partial charge in [-0.05, 0) is 32.1 Å². The maximum Gasteiger partial charge on any atom is 0.0929 e. The topological polar surface area (TPSA) is 29.0 Å². The lowest BCUT2D eigenvalue weighted by atomic mass is 10.2. The second-order valence-electron chi connectivity index (χ2n) is 4.84. The summed E-state index contributed by atoms with van der Waals surface area (Å²) in [5.41, 5.74) is 2.15. The van der Waals surface area contributed by atoms with Crippen LogP contribution in [0, 0.1) is 0 Å². The molecule has 0 N–H and O–H groups in total. The Hall–Kier alpha value is -0.970. The van der Waals surface area contributed by atoms with Gasteiger partial charge in [-0.25, -0.2) is 4.98 Å². The second-order valence-corrected chi connectivity index (χ2v) is 6.05. The van der Waals surface area contributed by atoms with Crippen molar-refractivity contribution in [3.8, 4) is 0 Å². The zero-order chi connectivity index (χ0) is 14.2. The molecule has 0 radical (unpaired) electrons. The van der Waals surface area contributed by atoms with E-state index in [0.717, 1.165) is 43.7 Å². The normalized spacial score (nSPS) is 11.2. The number of pyridine rings is 1. The molecule has 2 aromatic heterocycles. The monoisotopic (exact) mass is 309 g/mol. The van der Waals surface area contributed by atoms with Crippen molar-refractivity contribution in [2.24, 2.45) is 0 Å². The minimum Gasteiger partial charge on any atom is -0.306 e. The lowest BCUT2D eigenvalue weighted by Gasteiger charge is -2.15. The van der Waals surface area contributed by atoms with Gasteiger partial charge >= 0.3 is 0 Å². The molecule has 5 heteroatoms. The third-order valence-electron chi connectivity index (χ3n) is 3.14. The highest BCUT2D eigenvalue weighted by atomic mass is 35.5. The summed E-state index contributed by atoms with van der Waals surface area (Å²) in [5, 5.41) is 3.24. The van der Waals surface area contributed by atoms with Crippen molar-refractivity contribution in [1.82, 2.24) is 14.9 Å². The highest BCUT2D eigenvalue weighted by Gasteiger charge is 2.03. The smallest absolute Gasteiger partial charge is 0.0929 e. The fourth-order valence-electron chi connectivity index (χ4n) is 1.99. The number of nitrogens with zero attached hydrogens (tertiary/aromatic N) is 3. The Morgan fingerprint density at radius 1 is 1.20 bits per heavy atom. The molecular weight excluding hydrogens is 290 g/mol. The summed E-state index contributed by atoms with van der Waals surface area (Å²) in [6, 6.07) is 6.08. The lowest BCUT2D eigenvalue weighted by Crippen LogP contribution is -2.23. The van der Waals surface area contributed by atoms with Crippen LogP contribution in [0.4, 0.5) is 0 Å². The van der Waals surface area contributed by atoms with E-state index < -0.39 is 0 Å². The molecule has 0 fully saturated rings. The van der Waals surface area contributed by atoms with Gasteiger partial charge in [0.25, 0.3) is 0 Å². The summed E-state index contributed by atoms with van der Waals surface area (Å²) in [5.74, 6) is 0.514. The molecule has 0 aliphatic rings. The van der Waals surface area contributed by atoms with E-state index in [1.54, 1.807) is 11.3 Å². The average molecular weight is 310 g/mol. The Morgan fingerprint density at radius 3 is 2.80 bits per heavy atom. The molecule has 3 nitrogen and oxygen atoms in total. The summed E-state index contributed by atoms with van der Waals surface area (Å²) in [6.45, 7) is 2.13. The van der Waals surface area contributed by atoms with E-state index in [4.69, 9.17) is 11.6 Å².